The molecule has 0 unspecified atom stereocenters. The standard InChI is InChI=1S/C16H19N5OS/c1-9(2)13-19-15(22-20-13)12-5-4-7-21(12)14-11-6-8-23-16(11)18-10(3)17-14/h6,8-9,12H,4-5,7H2,1-3H3/t12-/m0/s1. The third kappa shape index (κ3) is 2.49. The minimum Gasteiger partial charge on any atom is -0.344 e. The second-order valence-corrected chi connectivity index (χ2v) is 7.13. The van der Waals surface area contributed by atoms with Gasteiger partial charge in [-0.25, -0.2) is 9.97 Å². The molecule has 4 heterocycles. The second-order valence-electron chi connectivity index (χ2n) is 6.23. The first-order chi connectivity index (χ1) is 11.1. The van der Waals surface area contributed by atoms with Crippen molar-refractivity contribution >= 4 is 27.4 Å². The summed E-state index contributed by atoms with van der Waals surface area (Å²) in [5.74, 6) is 3.53. The maximum Gasteiger partial charge on any atom is 0.249 e. The highest BCUT2D eigenvalue weighted by molar-refractivity contribution is 7.16. The van der Waals surface area contributed by atoms with Gasteiger partial charge in [0.25, 0.3) is 0 Å². The number of hydrogen-bond donors (Lipinski definition) is 0. The van der Waals surface area contributed by atoms with Gasteiger partial charge in [-0.05, 0) is 31.2 Å². The highest BCUT2D eigenvalue weighted by Gasteiger charge is 2.33. The molecule has 0 radical (unpaired) electrons. The molecule has 1 fully saturated rings. The number of rotatable bonds is 3. The van der Waals surface area contributed by atoms with Gasteiger partial charge >= 0.3 is 0 Å². The minimum absolute atomic E-state index is 0.104. The van der Waals surface area contributed by atoms with Crippen LogP contribution in [0.5, 0.6) is 0 Å². The zero-order valence-electron chi connectivity index (χ0n) is 13.5. The van der Waals surface area contributed by atoms with E-state index in [-0.39, 0.29) is 12.0 Å². The van der Waals surface area contributed by atoms with Crippen molar-refractivity contribution in [3.05, 3.63) is 29.0 Å². The summed E-state index contributed by atoms with van der Waals surface area (Å²) in [6.45, 7) is 7.04. The zero-order valence-corrected chi connectivity index (χ0v) is 14.3. The molecule has 0 aromatic carbocycles. The van der Waals surface area contributed by atoms with Crippen LogP contribution in [0.2, 0.25) is 0 Å². The van der Waals surface area contributed by atoms with Crippen LogP contribution in [-0.4, -0.2) is 26.7 Å². The third-order valence-electron chi connectivity index (χ3n) is 4.20. The molecule has 1 saturated heterocycles. The molecule has 23 heavy (non-hydrogen) atoms. The number of aromatic nitrogens is 4. The first kappa shape index (κ1) is 14.6. The molecule has 7 heteroatoms. The number of hydrogen-bond acceptors (Lipinski definition) is 7. The van der Waals surface area contributed by atoms with E-state index >= 15 is 0 Å². The molecule has 6 nitrogen and oxygen atoms in total. The van der Waals surface area contributed by atoms with E-state index in [1.165, 1.54) is 0 Å². The molecule has 3 aromatic heterocycles. The van der Waals surface area contributed by atoms with Crippen molar-refractivity contribution in [1.82, 2.24) is 20.1 Å². The predicted octanol–water partition coefficient (Wildman–Crippen LogP) is 3.85. The quantitative estimate of drug-likeness (QED) is 0.727. The predicted molar refractivity (Wildman–Crippen MR) is 89.9 cm³/mol. The van der Waals surface area contributed by atoms with Gasteiger partial charge in [-0.1, -0.05) is 19.0 Å². The summed E-state index contributed by atoms with van der Waals surface area (Å²) < 4.78 is 5.54. The first-order valence-electron chi connectivity index (χ1n) is 7.95. The van der Waals surface area contributed by atoms with Gasteiger partial charge in [-0.15, -0.1) is 11.3 Å². The van der Waals surface area contributed by atoms with Crippen LogP contribution in [0.25, 0.3) is 10.2 Å². The Labute approximate surface area is 138 Å². The van der Waals surface area contributed by atoms with Gasteiger partial charge in [0, 0.05) is 12.5 Å². The Morgan fingerprint density at radius 3 is 2.96 bits per heavy atom. The normalized spacial score (nSPS) is 18.4. The average Bonchev–Trinajstić information content (AvgIpc) is 3.25. The summed E-state index contributed by atoms with van der Waals surface area (Å²) in [5.41, 5.74) is 0. The van der Waals surface area contributed by atoms with E-state index in [2.05, 4.69) is 45.3 Å². The average molecular weight is 329 g/mol. The molecule has 0 spiro atoms. The van der Waals surface area contributed by atoms with Crippen LogP contribution in [-0.2, 0) is 0 Å². The highest BCUT2D eigenvalue weighted by atomic mass is 32.1. The van der Waals surface area contributed by atoms with E-state index in [9.17, 15) is 0 Å². The Morgan fingerprint density at radius 2 is 2.17 bits per heavy atom. The molecule has 1 aliphatic heterocycles. The van der Waals surface area contributed by atoms with Gasteiger partial charge in [-0.2, -0.15) is 4.98 Å². The summed E-state index contributed by atoms with van der Waals surface area (Å²) >= 11 is 1.65. The van der Waals surface area contributed by atoms with Crippen LogP contribution in [0.15, 0.2) is 16.0 Å². The topological polar surface area (TPSA) is 67.9 Å². The van der Waals surface area contributed by atoms with Crippen LogP contribution in [0.3, 0.4) is 0 Å². The smallest absolute Gasteiger partial charge is 0.249 e. The van der Waals surface area contributed by atoms with Crippen LogP contribution in [0, 0.1) is 6.92 Å². The highest BCUT2D eigenvalue weighted by Crippen LogP contribution is 2.38. The fourth-order valence-corrected chi connectivity index (χ4v) is 3.86. The molecule has 0 saturated carbocycles. The molecule has 3 aromatic rings. The lowest BCUT2D eigenvalue weighted by Crippen LogP contribution is -2.24. The van der Waals surface area contributed by atoms with Gasteiger partial charge in [0.05, 0.1) is 5.39 Å². The summed E-state index contributed by atoms with van der Waals surface area (Å²) in [5, 5.41) is 7.29. The fraction of sp³-hybridized carbons (Fsp3) is 0.500. The molecule has 0 N–H and O–H groups in total. The lowest BCUT2D eigenvalue weighted by atomic mass is 10.2. The molecule has 0 aliphatic carbocycles. The van der Waals surface area contributed by atoms with Gasteiger partial charge in [-0.3, -0.25) is 0 Å². The molecule has 0 amide bonds. The Morgan fingerprint density at radius 1 is 1.30 bits per heavy atom. The third-order valence-corrected chi connectivity index (χ3v) is 5.01. The van der Waals surface area contributed by atoms with E-state index in [4.69, 9.17) is 9.51 Å². The van der Waals surface area contributed by atoms with Crippen LogP contribution < -0.4 is 4.90 Å². The molecule has 120 valence electrons. The van der Waals surface area contributed by atoms with Crippen LogP contribution in [0.1, 0.15) is 56.2 Å². The first-order valence-corrected chi connectivity index (χ1v) is 8.83. The van der Waals surface area contributed by atoms with Gasteiger partial charge < -0.3 is 9.42 Å². The van der Waals surface area contributed by atoms with Gasteiger partial charge in [0.15, 0.2) is 5.82 Å². The summed E-state index contributed by atoms with van der Waals surface area (Å²) in [6.07, 6.45) is 2.10. The lowest BCUT2D eigenvalue weighted by Gasteiger charge is -2.23. The maximum atomic E-state index is 5.54. The molecule has 0 bridgehead atoms. The Kier molecular flexibility index (Phi) is 3.52. The van der Waals surface area contributed by atoms with E-state index < -0.39 is 0 Å². The summed E-state index contributed by atoms with van der Waals surface area (Å²) in [7, 11) is 0. The molecule has 1 aliphatic rings. The van der Waals surface area contributed by atoms with E-state index in [1.54, 1.807) is 11.3 Å². The summed E-state index contributed by atoms with van der Waals surface area (Å²) in [6, 6.07) is 2.20. The van der Waals surface area contributed by atoms with Crippen LogP contribution >= 0.6 is 11.3 Å². The Bertz CT molecular complexity index is 840. The van der Waals surface area contributed by atoms with E-state index in [1.807, 2.05) is 6.92 Å². The van der Waals surface area contributed by atoms with E-state index in [0.29, 0.717) is 5.89 Å². The SMILES string of the molecule is Cc1nc(N2CCC[C@H]2c2nc(C(C)C)no2)c2ccsc2n1. The van der Waals surface area contributed by atoms with Gasteiger partial charge in [0.1, 0.15) is 22.5 Å². The lowest BCUT2D eigenvalue weighted by molar-refractivity contribution is 0.349. The summed E-state index contributed by atoms with van der Waals surface area (Å²) in [4.78, 5) is 17.2. The van der Waals surface area contributed by atoms with Gasteiger partial charge in [0.2, 0.25) is 5.89 Å². The number of anilines is 1. The van der Waals surface area contributed by atoms with Crippen molar-refractivity contribution in [1.29, 1.82) is 0 Å². The second kappa shape index (κ2) is 5.56. The van der Waals surface area contributed by atoms with Crippen molar-refractivity contribution in [2.75, 3.05) is 11.4 Å². The molecule has 4 rings (SSSR count). The van der Waals surface area contributed by atoms with Crippen molar-refractivity contribution in [2.24, 2.45) is 0 Å². The number of thiophene rings is 1. The van der Waals surface area contributed by atoms with Crippen LogP contribution in [0.4, 0.5) is 5.82 Å². The maximum absolute atomic E-state index is 5.54. The largest absolute Gasteiger partial charge is 0.344 e. The molecular formula is C16H19N5OS. The number of aryl methyl sites for hydroxylation is 1. The molecular weight excluding hydrogens is 310 g/mol. The minimum atomic E-state index is 0.104. The van der Waals surface area contributed by atoms with Crippen molar-refractivity contribution < 1.29 is 4.52 Å². The van der Waals surface area contributed by atoms with Crippen molar-refractivity contribution in [3.8, 4) is 0 Å². The van der Waals surface area contributed by atoms with Crippen molar-refractivity contribution in [3.63, 3.8) is 0 Å². The number of fused-ring (bicyclic) bond motifs is 1. The fourth-order valence-electron chi connectivity index (χ4n) is 3.06. The Hall–Kier alpha value is -2.02. The van der Waals surface area contributed by atoms with Crippen molar-refractivity contribution in [2.45, 2.75) is 45.6 Å². The number of nitrogens with zero attached hydrogens (tertiary/aromatic N) is 5. The molecule has 1 atom stereocenters. The van der Waals surface area contributed by atoms with E-state index in [0.717, 1.165) is 47.1 Å². The zero-order chi connectivity index (χ0) is 16.0. The Balaban J connectivity index is 1.75. The monoisotopic (exact) mass is 329 g/mol.